The van der Waals surface area contributed by atoms with E-state index in [9.17, 15) is 30.7 Å². The van der Waals surface area contributed by atoms with Crippen LogP contribution >= 0.6 is 0 Å². The summed E-state index contributed by atoms with van der Waals surface area (Å²) < 4.78 is 94.6. The van der Waals surface area contributed by atoms with Crippen molar-refractivity contribution in [3.8, 4) is 45.9 Å². The number of alkyl halides is 3. The SMILES string of the molecule is CCc1ccc(-c2ccc(C#Cc3ccc(-c4cc(F)c(C#CC(F)(F)F)c(F)c4)c(F)c3)c(F)c2)cc1. The van der Waals surface area contributed by atoms with Crippen molar-refractivity contribution in [2.45, 2.75) is 19.5 Å². The molecule has 0 radical (unpaired) electrons. The molecule has 38 heavy (non-hydrogen) atoms. The summed E-state index contributed by atoms with van der Waals surface area (Å²) in [5, 5.41) is 0. The average Bonchev–Trinajstić information content (AvgIpc) is 2.87. The highest BCUT2D eigenvalue weighted by molar-refractivity contribution is 5.68. The van der Waals surface area contributed by atoms with Crippen LogP contribution in [-0.2, 0) is 6.42 Å². The van der Waals surface area contributed by atoms with Gasteiger partial charge in [-0.2, -0.15) is 13.2 Å². The third-order valence-electron chi connectivity index (χ3n) is 5.66. The molecule has 0 spiro atoms. The van der Waals surface area contributed by atoms with Gasteiger partial charge in [-0.1, -0.05) is 61.1 Å². The summed E-state index contributed by atoms with van der Waals surface area (Å²) in [6.07, 6.45) is -4.03. The van der Waals surface area contributed by atoms with E-state index in [1.807, 2.05) is 31.2 Å². The van der Waals surface area contributed by atoms with Crippen LogP contribution in [0.3, 0.4) is 0 Å². The second-order valence-electron chi connectivity index (χ2n) is 8.25. The molecule has 0 aliphatic heterocycles. The molecule has 0 unspecified atom stereocenters. The molecule has 4 rings (SSSR count). The molecule has 0 aliphatic carbocycles. The summed E-state index contributed by atoms with van der Waals surface area (Å²) in [6, 6.07) is 17.4. The second-order valence-corrected chi connectivity index (χ2v) is 8.25. The van der Waals surface area contributed by atoms with Gasteiger partial charge in [0.05, 0.1) is 11.1 Å². The fraction of sp³-hybridized carbons (Fsp3) is 0.0968. The van der Waals surface area contributed by atoms with E-state index in [-0.39, 0.29) is 22.3 Å². The van der Waals surface area contributed by atoms with E-state index in [2.05, 4.69) is 11.8 Å². The molecule has 4 aromatic rings. The Labute approximate surface area is 214 Å². The fourth-order valence-electron chi connectivity index (χ4n) is 3.68. The highest BCUT2D eigenvalue weighted by Crippen LogP contribution is 2.28. The standard InChI is InChI=1S/C31H17F7/c1-2-19-3-7-21(8-4-19)23-11-10-22(27(32)16-23)9-5-20-6-12-25(28(33)15-20)24-17-29(34)26(30(35)18-24)13-14-31(36,37)38/h3-4,6-8,10-12,15-18H,2H2,1H3. The summed E-state index contributed by atoms with van der Waals surface area (Å²) in [5.74, 6) is 3.36. The highest BCUT2D eigenvalue weighted by atomic mass is 19.4. The quantitative estimate of drug-likeness (QED) is 0.187. The molecule has 0 bridgehead atoms. The highest BCUT2D eigenvalue weighted by Gasteiger charge is 2.24. The first-order valence-electron chi connectivity index (χ1n) is 11.3. The van der Waals surface area contributed by atoms with Crippen LogP contribution < -0.4 is 0 Å². The molecule has 190 valence electrons. The van der Waals surface area contributed by atoms with Gasteiger partial charge in [0.15, 0.2) is 0 Å². The maximum absolute atomic E-state index is 14.7. The largest absolute Gasteiger partial charge is 0.458 e. The van der Waals surface area contributed by atoms with E-state index >= 15 is 0 Å². The van der Waals surface area contributed by atoms with Gasteiger partial charge in [-0.25, -0.2) is 17.6 Å². The Balaban J connectivity index is 1.57. The maximum Gasteiger partial charge on any atom is 0.458 e. The van der Waals surface area contributed by atoms with Crippen molar-refractivity contribution < 1.29 is 30.7 Å². The van der Waals surface area contributed by atoms with E-state index in [0.29, 0.717) is 17.7 Å². The Bertz CT molecular complexity index is 1600. The first kappa shape index (κ1) is 26.6. The van der Waals surface area contributed by atoms with Crippen LogP contribution in [0.4, 0.5) is 30.7 Å². The molecule has 0 atom stereocenters. The van der Waals surface area contributed by atoms with Gasteiger partial charge >= 0.3 is 6.18 Å². The average molecular weight is 522 g/mol. The van der Waals surface area contributed by atoms with E-state index in [1.54, 1.807) is 6.07 Å². The predicted molar refractivity (Wildman–Crippen MR) is 132 cm³/mol. The van der Waals surface area contributed by atoms with Crippen LogP contribution in [0.1, 0.15) is 29.2 Å². The van der Waals surface area contributed by atoms with Crippen molar-refractivity contribution >= 4 is 0 Å². The molecule has 4 aromatic carbocycles. The molecule has 0 aromatic heterocycles. The van der Waals surface area contributed by atoms with Crippen LogP contribution in [-0.4, -0.2) is 6.18 Å². The topological polar surface area (TPSA) is 0 Å². The minimum absolute atomic E-state index is 0.100. The van der Waals surface area contributed by atoms with Crippen molar-refractivity contribution in [2.24, 2.45) is 0 Å². The molecule has 7 heteroatoms. The van der Waals surface area contributed by atoms with Crippen molar-refractivity contribution in [1.82, 2.24) is 0 Å². The molecule has 0 heterocycles. The zero-order valence-corrected chi connectivity index (χ0v) is 19.8. The summed E-state index contributed by atoms with van der Waals surface area (Å²) in [4.78, 5) is 0. The molecule has 0 saturated carbocycles. The normalized spacial score (nSPS) is 10.8. The van der Waals surface area contributed by atoms with Gasteiger partial charge < -0.3 is 0 Å². The van der Waals surface area contributed by atoms with Crippen LogP contribution in [0.15, 0.2) is 72.8 Å². The van der Waals surface area contributed by atoms with Crippen molar-refractivity contribution in [2.75, 3.05) is 0 Å². The first-order chi connectivity index (χ1) is 18.0. The number of halogens is 7. The van der Waals surface area contributed by atoms with E-state index in [4.69, 9.17) is 0 Å². The van der Waals surface area contributed by atoms with Crippen molar-refractivity contribution in [3.63, 3.8) is 0 Å². The Morgan fingerprint density at radius 1 is 0.605 bits per heavy atom. The van der Waals surface area contributed by atoms with E-state index in [1.165, 1.54) is 30.2 Å². The molecule has 0 amide bonds. The van der Waals surface area contributed by atoms with Gasteiger partial charge in [0, 0.05) is 17.0 Å². The summed E-state index contributed by atoms with van der Waals surface area (Å²) in [6.45, 7) is 2.04. The third kappa shape index (κ3) is 6.25. The number of hydrogen-bond donors (Lipinski definition) is 0. The zero-order valence-electron chi connectivity index (χ0n) is 19.8. The fourth-order valence-corrected chi connectivity index (χ4v) is 3.68. The smallest absolute Gasteiger partial charge is 0.206 e. The van der Waals surface area contributed by atoms with Crippen LogP contribution in [0.5, 0.6) is 0 Å². The second kappa shape index (κ2) is 10.9. The lowest BCUT2D eigenvalue weighted by Gasteiger charge is -2.07. The Morgan fingerprint density at radius 3 is 1.82 bits per heavy atom. The molecule has 0 fully saturated rings. The predicted octanol–water partition coefficient (Wildman–Crippen LogP) is 8.45. The van der Waals surface area contributed by atoms with Crippen LogP contribution in [0.25, 0.3) is 22.3 Å². The first-order valence-corrected chi connectivity index (χ1v) is 11.3. The maximum atomic E-state index is 14.7. The van der Waals surface area contributed by atoms with Crippen molar-refractivity contribution in [1.29, 1.82) is 0 Å². The molecule has 0 saturated heterocycles. The van der Waals surface area contributed by atoms with Crippen LogP contribution in [0.2, 0.25) is 0 Å². The van der Waals surface area contributed by atoms with Gasteiger partial charge in [-0.05, 0) is 65.1 Å². The minimum atomic E-state index is -4.92. The summed E-state index contributed by atoms with van der Waals surface area (Å²) >= 11 is 0. The molecular formula is C31H17F7. The summed E-state index contributed by atoms with van der Waals surface area (Å²) in [7, 11) is 0. The molecule has 0 nitrogen and oxygen atoms in total. The lowest BCUT2D eigenvalue weighted by molar-refractivity contribution is -0.0696. The molecule has 0 N–H and O–H groups in total. The Kier molecular flexibility index (Phi) is 7.60. The lowest BCUT2D eigenvalue weighted by atomic mass is 10.0. The Hall–Kier alpha value is -4.49. The summed E-state index contributed by atoms with van der Waals surface area (Å²) in [5.41, 5.74) is 1.48. The number of aryl methyl sites for hydroxylation is 1. The van der Waals surface area contributed by atoms with E-state index in [0.717, 1.165) is 29.5 Å². The van der Waals surface area contributed by atoms with Gasteiger partial charge in [0.1, 0.15) is 23.3 Å². The van der Waals surface area contributed by atoms with Gasteiger partial charge in [0.25, 0.3) is 0 Å². The Morgan fingerprint density at radius 2 is 1.24 bits per heavy atom. The number of hydrogen-bond acceptors (Lipinski definition) is 0. The lowest BCUT2D eigenvalue weighted by Crippen LogP contribution is -2.02. The van der Waals surface area contributed by atoms with Gasteiger partial charge in [-0.3, -0.25) is 0 Å². The monoisotopic (exact) mass is 522 g/mol. The van der Waals surface area contributed by atoms with Crippen molar-refractivity contribution in [3.05, 3.63) is 118 Å². The molecular weight excluding hydrogens is 505 g/mol. The number of benzene rings is 4. The van der Waals surface area contributed by atoms with Gasteiger partial charge in [0.2, 0.25) is 0 Å². The minimum Gasteiger partial charge on any atom is -0.206 e. The zero-order chi connectivity index (χ0) is 27.4. The third-order valence-corrected chi connectivity index (χ3v) is 5.66. The number of rotatable bonds is 3. The molecule has 0 aliphatic rings. The van der Waals surface area contributed by atoms with Gasteiger partial charge in [-0.15, -0.1) is 0 Å². The van der Waals surface area contributed by atoms with E-state index < -0.39 is 35.0 Å². The van der Waals surface area contributed by atoms with Crippen LogP contribution in [0, 0.1) is 47.0 Å².